The SMILES string of the molecule is CCCCCC[B-](c1cccc(C(F)(F)F)c1)(c1cccc(C(F)(F)F)c1)c1cccc(C(F)(F)F)c1.[H+]. The maximum absolute atomic E-state index is 13.7. The van der Waals surface area contributed by atoms with Gasteiger partial charge in [-0.25, -0.2) is 0 Å². The molecule has 37 heavy (non-hydrogen) atoms. The molecule has 0 aliphatic carbocycles. The lowest BCUT2D eigenvalue weighted by molar-refractivity contribution is -0.138. The Morgan fingerprint density at radius 1 is 0.541 bits per heavy atom. The third kappa shape index (κ3) is 6.51. The van der Waals surface area contributed by atoms with Crippen LogP contribution < -0.4 is 16.4 Å². The van der Waals surface area contributed by atoms with Gasteiger partial charge in [-0.2, -0.15) is 62.2 Å². The second-order valence-electron chi connectivity index (χ2n) is 9.26. The van der Waals surface area contributed by atoms with Crippen molar-refractivity contribution < 1.29 is 40.9 Å². The van der Waals surface area contributed by atoms with Crippen LogP contribution in [-0.4, -0.2) is 6.15 Å². The van der Waals surface area contributed by atoms with Gasteiger partial charge in [0.1, 0.15) is 0 Å². The lowest BCUT2D eigenvalue weighted by Crippen LogP contribution is -2.67. The Labute approximate surface area is 210 Å². The zero-order valence-electron chi connectivity index (χ0n) is 20.9. The van der Waals surface area contributed by atoms with E-state index >= 15 is 0 Å². The number of hydrogen-bond acceptors (Lipinski definition) is 0. The third-order valence-corrected chi connectivity index (χ3v) is 6.84. The fraction of sp³-hybridized carbons (Fsp3) is 0.333. The first-order chi connectivity index (χ1) is 17.2. The maximum atomic E-state index is 13.7. The summed E-state index contributed by atoms with van der Waals surface area (Å²) < 4.78 is 123. The van der Waals surface area contributed by atoms with E-state index in [1.54, 1.807) is 0 Å². The Kier molecular flexibility index (Phi) is 8.39. The minimum atomic E-state index is -4.75. The second-order valence-corrected chi connectivity index (χ2v) is 9.26. The van der Waals surface area contributed by atoms with E-state index in [9.17, 15) is 39.5 Å². The van der Waals surface area contributed by atoms with Crippen LogP contribution in [0, 0.1) is 0 Å². The summed E-state index contributed by atoms with van der Waals surface area (Å²) in [5.74, 6) is 0. The van der Waals surface area contributed by atoms with Crippen LogP contribution in [0.3, 0.4) is 0 Å². The van der Waals surface area contributed by atoms with E-state index in [0.29, 0.717) is 12.8 Å². The smallest absolute Gasteiger partial charge is 0.199 e. The van der Waals surface area contributed by atoms with Crippen molar-refractivity contribution >= 4 is 22.5 Å². The molecular weight excluding hydrogens is 506 g/mol. The van der Waals surface area contributed by atoms with Crippen molar-refractivity contribution in [3.05, 3.63) is 89.5 Å². The maximum Gasteiger partial charge on any atom is 1.00 e. The summed E-state index contributed by atoms with van der Waals surface area (Å²) in [6, 6.07) is 12.5. The monoisotopic (exact) mass is 532 g/mol. The number of benzene rings is 3. The number of unbranched alkanes of at least 4 members (excludes halogenated alkanes) is 3. The van der Waals surface area contributed by atoms with Crippen LogP contribution in [0.15, 0.2) is 72.8 Å². The molecule has 0 aliphatic rings. The van der Waals surface area contributed by atoms with Crippen molar-refractivity contribution in [1.29, 1.82) is 0 Å². The van der Waals surface area contributed by atoms with E-state index in [4.69, 9.17) is 0 Å². The van der Waals surface area contributed by atoms with Crippen molar-refractivity contribution in [1.82, 2.24) is 0 Å². The molecule has 0 unspecified atom stereocenters. The molecule has 0 heterocycles. The fourth-order valence-corrected chi connectivity index (χ4v) is 5.02. The van der Waals surface area contributed by atoms with Gasteiger partial charge in [-0.05, 0) is 0 Å². The van der Waals surface area contributed by atoms with Crippen molar-refractivity contribution in [2.45, 2.75) is 57.5 Å². The van der Waals surface area contributed by atoms with Gasteiger partial charge in [0.05, 0.1) is 22.8 Å². The molecule has 3 rings (SSSR count). The highest BCUT2D eigenvalue weighted by atomic mass is 19.4. The average molecular weight is 532 g/mol. The molecule has 0 N–H and O–H groups in total. The van der Waals surface area contributed by atoms with Crippen LogP contribution in [0.1, 0.15) is 50.7 Å². The molecule has 0 atom stereocenters. The number of alkyl halides is 9. The van der Waals surface area contributed by atoms with Crippen molar-refractivity contribution in [2.24, 2.45) is 0 Å². The molecule has 10 heteroatoms. The van der Waals surface area contributed by atoms with Gasteiger partial charge in [0, 0.05) is 0 Å². The summed E-state index contributed by atoms with van der Waals surface area (Å²) in [6.45, 7) is 1.94. The Morgan fingerprint density at radius 3 is 1.19 bits per heavy atom. The van der Waals surface area contributed by atoms with E-state index in [1.165, 1.54) is 18.2 Å². The molecule has 0 nitrogen and oxygen atoms in total. The highest BCUT2D eigenvalue weighted by Crippen LogP contribution is 2.33. The summed E-state index contributed by atoms with van der Waals surface area (Å²) in [4.78, 5) is 0. The normalized spacial score (nSPS) is 13.1. The summed E-state index contributed by atoms with van der Waals surface area (Å²) in [5.41, 5.74) is -2.98. The molecule has 3 aromatic rings. The van der Waals surface area contributed by atoms with E-state index in [-0.39, 0.29) is 24.1 Å². The summed E-state index contributed by atoms with van der Waals surface area (Å²) in [7, 11) is 0. The van der Waals surface area contributed by atoms with Gasteiger partial charge < -0.3 is 0 Å². The first-order valence-electron chi connectivity index (χ1n) is 11.9. The van der Waals surface area contributed by atoms with E-state index in [2.05, 4.69) is 0 Å². The van der Waals surface area contributed by atoms with Gasteiger partial charge in [-0.1, -0.05) is 105 Å². The molecule has 0 radical (unpaired) electrons. The highest BCUT2D eigenvalue weighted by Gasteiger charge is 2.38. The highest BCUT2D eigenvalue weighted by molar-refractivity contribution is 7.11. The minimum absolute atomic E-state index is 0. The number of halogens is 9. The topological polar surface area (TPSA) is 0 Å². The zero-order valence-corrected chi connectivity index (χ0v) is 19.9. The minimum Gasteiger partial charge on any atom is -0.199 e. The van der Waals surface area contributed by atoms with E-state index in [1.807, 2.05) is 6.92 Å². The first kappa shape index (κ1) is 28.7. The van der Waals surface area contributed by atoms with Gasteiger partial charge in [0.15, 0.2) is 0 Å². The molecule has 3 aromatic carbocycles. The van der Waals surface area contributed by atoms with Gasteiger partial charge in [0.2, 0.25) is 0 Å². The predicted octanol–water partition coefficient (Wildman–Crippen LogP) is 7.91. The lowest BCUT2D eigenvalue weighted by Gasteiger charge is -2.44. The van der Waals surface area contributed by atoms with Crippen molar-refractivity contribution in [3.63, 3.8) is 0 Å². The third-order valence-electron chi connectivity index (χ3n) is 6.84. The van der Waals surface area contributed by atoms with Gasteiger partial charge in [-0.15, -0.1) is 0 Å². The molecule has 0 saturated heterocycles. The molecular formula is C27H26BF9. The zero-order chi connectivity index (χ0) is 27.5. The number of hydrogen-bond donors (Lipinski definition) is 0. The Bertz CT molecular complexity index is 1060. The lowest BCUT2D eigenvalue weighted by atomic mass is 9.14. The summed E-state index contributed by atoms with van der Waals surface area (Å²) in [5, 5.41) is 0. The van der Waals surface area contributed by atoms with Gasteiger partial charge in [-0.3, -0.25) is 0 Å². The molecule has 0 saturated carbocycles. The molecule has 0 aliphatic heterocycles. The van der Waals surface area contributed by atoms with Gasteiger partial charge >= 0.3 is 20.0 Å². The molecule has 0 bridgehead atoms. The fourth-order valence-electron chi connectivity index (χ4n) is 5.02. The number of rotatable bonds is 8. The summed E-state index contributed by atoms with van der Waals surface area (Å²) in [6.07, 6.45) is -14.2. The van der Waals surface area contributed by atoms with Crippen LogP contribution in [-0.2, 0) is 18.5 Å². The van der Waals surface area contributed by atoms with Gasteiger partial charge in [0.25, 0.3) is 0 Å². The standard InChI is InChI=1S/C27H25BF9/c1-2-3-4-5-15-28(22-12-6-9-19(16-22)25(29,30)31,23-13-7-10-20(17-23)26(32,33)34)24-14-8-11-21(18-24)27(35,36)37/h6-14,16-18H,2-5,15H2,1H3/q-1/p+1. The van der Waals surface area contributed by atoms with Crippen LogP contribution in [0.4, 0.5) is 39.5 Å². The van der Waals surface area contributed by atoms with Crippen LogP contribution in [0.25, 0.3) is 0 Å². The van der Waals surface area contributed by atoms with Crippen molar-refractivity contribution in [3.8, 4) is 0 Å². The van der Waals surface area contributed by atoms with Crippen LogP contribution >= 0.6 is 0 Å². The Balaban J connectivity index is 0.00000507. The average Bonchev–Trinajstić information content (AvgIpc) is 2.83. The molecule has 0 aromatic heterocycles. The Morgan fingerprint density at radius 2 is 0.892 bits per heavy atom. The first-order valence-corrected chi connectivity index (χ1v) is 11.9. The van der Waals surface area contributed by atoms with Crippen LogP contribution in [0.2, 0.25) is 6.32 Å². The molecule has 0 spiro atoms. The van der Waals surface area contributed by atoms with Crippen molar-refractivity contribution in [2.75, 3.05) is 0 Å². The molecule has 0 fully saturated rings. The van der Waals surface area contributed by atoms with E-state index < -0.39 is 41.4 Å². The Hall–Kier alpha value is -2.91. The molecule has 0 amide bonds. The summed E-state index contributed by atoms with van der Waals surface area (Å²) >= 11 is 0. The quantitative estimate of drug-likeness (QED) is 0.157. The van der Waals surface area contributed by atoms with Crippen LogP contribution in [0.5, 0.6) is 0 Å². The predicted molar refractivity (Wildman–Crippen MR) is 129 cm³/mol. The molecule has 200 valence electrons. The largest absolute Gasteiger partial charge is 1.00 e. The second kappa shape index (κ2) is 10.8. The van der Waals surface area contributed by atoms with E-state index in [0.717, 1.165) is 67.4 Å².